The summed E-state index contributed by atoms with van der Waals surface area (Å²) in [5, 5.41) is 0. The van der Waals surface area contributed by atoms with Gasteiger partial charge in [0.25, 0.3) is 0 Å². The predicted octanol–water partition coefficient (Wildman–Crippen LogP) is 6.44. The zero-order chi connectivity index (χ0) is 17.7. The number of unbranched alkanes of at least 4 members (excludes halogenated alkanes) is 11. The monoisotopic (exact) mass is 342 g/mol. The van der Waals surface area contributed by atoms with Gasteiger partial charge in [0.05, 0.1) is 6.61 Å². The molecule has 0 spiro atoms. The third kappa shape index (κ3) is 19.5. The van der Waals surface area contributed by atoms with Gasteiger partial charge >= 0.3 is 5.97 Å². The molecular weight excluding hydrogens is 300 g/mol. The molecule has 0 rings (SSSR count). The van der Waals surface area contributed by atoms with Crippen molar-refractivity contribution in [3.05, 3.63) is 0 Å². The van der Waals surface area contributed by atoms with Gasteiger partial charge in [-0.25, -0.2) is 0 Å². The molecule has 3 heteroatoms. The molecule has 0 aromatic heterocycles. The van der Waals surface area contributed by atoms with E-state index < -0.39 is 0 Å². The molecule has 0 saturated carbocycles. The number of ether oxygens (including phenoxy) is 2. The highest BCUT2D eigenvalue weighted by atomic mass is 16.5. The van der Waals surface area contributed by atoms with Crippen LogP contribution in [0.15, 0.2) is 0 Å². The molecule has 0 fully saturated rings. The van der Waals surface area contributed by atoms with Crippen molar-refractivity contribution in [2.45, 2.75) is 110 Å². The maximum atomic E-state index is 11.6. The SMILES string of the molecule is CCCCCCCCCCCCCC(=O)OCCCOCCCC. The Bertz CT molecular complexity index is 253. The van der Waals surface area contributed by atoms with Gasteiger partial charge in [-0.2, -0.15) is 0 Å². The van der Waals surface area contributed by atoms with Crippen LogP contribution in [0.1, 0.15) is 110 Å². The summed E-state index contributed by atoms with van der Waals surface area (Å²) in [4.78, 5) is 11.6. The van der Waals surface area contributed by atoms with Crippen molar-refractivity contribution in [3.63, 3.8) is 0 Å². The second-order valence-electron chi connectivity index (χ2n) is 6.83. The molecule has 24 heavy (non-hydrogen) atoms. The molecule has 0 aliphatic rings. The largest absolute Gasteiger partial charge is 0.466 e. The first-order valence-corrected chi connectivity index (χ1v) is 10.5. The minimum Gasteiger partial charge on any atom is -0.466 e. The quantitative estimate of drug-likeness (QED) is 0.200. The zero-order valence-corrected chi connectivity index (χ0v) is 16.5. The average Bonchev–Trinajstić information content (AvgIpc) is 2.59. The van der Waals surface area contributed by atoms with Gasteiger partial charge in [-0.15, -0.1) is 0 Å². The first kappa shape index (κ1) is 23.4. The second kappa shape index (κ2) is 20.5. The van der Waals surface area contributed by atoms with E-state index in [0.29, 0.717) is 19.6 Å². The average molecular weight is 343 g/mol. The number of esters is 1. The Balaban J connectivity index is 3.12. The minimum atomic E-state index is -0.0421. The van der Waals surface area contributed by atoms with Crippen LogP contribution in [0.2, 0.25) is 0 Å². The summed E-state index contributed by atoms with van der Waals surface area (Å²) in [6, 6.07) is 0. The van der Waals surface area contributed by atoms with E-state index in [0.717, 1.165) is 38.7 Å². The molecule has 0 aliphatic heterocycles. The van der Waals surface area contributed by atoms with E-state index in [1.54, 1.807) is 0 Å². The van der Waals surface area contributed by atoms with Crippen LogP contribution < -0.4 is 0 Å². The fraction of sp³-hybridized carbons (Fsp3) is 0.952. The Hall–Kier alpha value is -0.570. The molecule has 0 radical (unpaired) electrons. The highest BCUT2D eigenvalue weighted by Gasteiger charge is 2.02. The summed E-state index contributed by atoms with van der Waals surface area (Å²) < 4.78 is 10.7. The Morgan fingerprint density at radius 3 is 1.67 bits per heavy atom. The molecule has 3 nitrogen and oxygen atoms in total. The van der Waals surface area contributed by atoms with Crippen molar-refractivity contribution in [1.82, 2.24) is 0 Å². The van der Waals surface area contributed by atoms with E-state index >= 15 is 0 Å². The van der Waals surface area contributed by atoms with Crippen LogP contribution in [0.25, 0.3) is 0 Å². The lowest BCUT2D eigenvalue weighted by molar-refractivity contribution is -0.144. The normalized spacial score (nSPS) is 10.9. The van der Waals surface area contributed by atoms with Gasteiger partial charge < -0.3 is 9.47 Å². The second-order valence-corrected chi connectivity index (χ2v) is 6.83. The van der Waals surface area contributed by atoms with Crippen LogP contribution in [-0.2, 0) is 14.3 Å². The zero-order valence-electron chi connectivity index (χ0n) is 16.5. The van der Waals surface area contributed by atoms with Crippen molar-refractivity contribution in [3.8, 4) is 0 Å². The fourth-order valence-electron chi connectivity index (χ4n) is 2.70. The maximum absolute atomic E-state index is 11.6. The molecule has 0 aromatic carbocycles. The topological polar surface area (TPSA) is 35.5 Å². The fourth-order valence-corrected chi connectivity index (χ4v) is 2.70. The lowest BCUT2D eigenvalue weighted by atomic mass is 10.1. The summed E-state index contributed by atoms with van der Waals surface area (Å²) in [6.45, 7) is 6.44. The van der Waals surface area contributed by atoms with Gasteiger partial charge in [-0.1, -0.05) is 84.5 Å². The van der Waals surface area contributed by atoms with Crippen LogP contribution in [0.3, 0.4) is 0 Å². The molecule has 0 bridgehead atoms. The Kier molecular flexibility index (Phi) is 20.0. The summed E-state index contributed by atoms with van der Waals surface area (Å²) in [7, 11) is 0. The lowest BCUT2D eigenvalue weighted by Gasteiger charge is -2.06. The van der Waals surface area contributed by atoms with E-state index in [1.165, 1.54) is 57.8 Å². The van der Waals surface area contributed by atoms with Gasteiger partial charge in [0.15, 0.2) is 0 Å². The molecule has 0 saturated heterocycles. The van der Waals surface area contributed by atoms with Crippen molar-refractivity contribution < 1.29 is 14.3 Å². The van der Waals surface area contributed by atoms with Crippen LogP contribution >= 0.6 is 0 Å². The molecule has 144 valence electrons. The minimum absolute atomic E-state index is 0.0421. The molecular formula is C21H42O3. The van der Waals surface area contributed by atoms with Crippen LogP contribution in [0.4, 0.5) is 0 Å². The van der Waals surface area contributed by atoms with Crippen molar-refractivity contribution in [1.29, 1.82) is 0 Å². The van der Waals surface area contributed by atoms with E-state index in [1.807, 2.05) is 0 Å². The Morgan fingerprint density at radius 1 is 0.583 bits per heavy atom. The molecule has 0 heterocycles. The maximum Gasteiger partial charge on any atom is 0.305 e. The van der Waals surface area contributed by atoms with Crippen LogP contribution in [0, 0.1) is 0 Å². The van der Waals surface area contributed by atoms with E-state index in [-0.39, 0.29) is 5.97 Å². The first-order chi connectivity index (χ1) is 11.8. The van der Waals surface area contributed by atoms with Crippen molar-refractivity contribution in [2.24, 2.45) is 0 Å². The molecule has 0 unspecified atom stereocenters. The third-order valence-electron chi connectivity index (χ3n) is 4.32. The first-order valence-electron chi connectivity index (χ1n) is 10.5. The predicted molar refractivity (Wildman–Crippen MR) is 102 cm³/mol. The smallest absolute Gasteiger partial charge is 0.305 e. The van der Waals surface area contributed by atoms with Gasteiger partial charge in [0, 0.05) is 26.1 Å². The highest BCUT2D eigenvalue weighted by molar-refractivity contribution is 5.69. The van der Waals surface area contributed by atoms with E-state index in [4.69, 9.17) is 9.47 Å². The van der Waals surface area contributed by atoms with Gasteiger partial charge in [0.1, 0.15) is 0 Å². The third-order valence-corrected chi connectivity index (χ3v) is 4.32. The molecule has 0 aromatic rings. The standard InChI is InChI=1S/C21H42O3/c1-3-5-7-8-9-10-11-12-13-14-15-17-21(22)24-20-16-19-23-18-6-4-2/h3-20H2,1-2H3. The number of carbonyl (C=O) groups excluding carboxylic acids is 1. The van der Waals surface area contributed by atoms with Gasteiger partial charge in [-0.05, 0) is 12.8 Å². The van der Waals surface area contributed by atoms with Crippen LogP contribution in [0.5, 0.6) is 0 Å². The van der Waals surface area contributed by atoms with Gasteiger partial charge in [0.2, 0.25) is 0 Å². The summed E-state index contributed by atoms with van der Waals surface area (Å²) in [5.41, 5.74) is 0. The van der Waals surface area contributed by atoms with E-state index in [9.17, 15) is 4.79 Å². The Labute approximate surface area is 150 Å². The number of rotatable bonds is 19. The number of hydrogen-bond donors (Lipinski definition) is 0. The van der Waals surface area contributed by atoms with Crippen molar-refractivity contribution >= 4 is 5.97 Å². The lowest BCUT2D eigenvalue weighted by Crippen LogP contribution is -2.08. The molecule has 0 aliphatic carbocycles. The number of carbonyl (C=O) groups is 1. The number of hydrogen-bond acceptors (Lipinski definition) is 3. The van der Waals surface area contributed by atoms with Gasteiger partial charge in [-0.3, -0.25) is 4.79 Å². The molecule has 0 amide bonds. The van der Waals surface area contributed by atoms with E-state index in [2.05, 4.69) is 13.8 Å². The molecule has 0 N–H and O–H groups in total. The highest BCUT2D eigenvalue weighted by Crippen LogP contribution is 2.12. The van der Waals surface area contributed by atoms with Crippen LogP contribution in [-0.4, -0.2) is 25.8 Å². The summed E-state index contributed by atoms with van der Waals surface area (Å²) in [6.07, 6.45) is 18.0. The molecule has 0 atom stereocenters. The summed E-state index contributed by atoms with van der Waals surface area (Å²) >= 11 is 0. The van der Waals surface area contributed by atoms with Crippen molar-refractivity contribution in [2.75, 3.05) is 19.8 Å². The summed E-state index contributed by atoms with van der Waals surface area (Å²) in [5.74, 6) is -0.0421. The Morgan fingerprint density at radius 2 is 1.08 bits per heavy atom.